The highest BCUT2D eigenvalue weighted by Gasteiger charge is 2.08. The topological polar surface area (TPSA) is 54.9 Å². The largest absolute Gasteiger partial charge is 0.301 e. The van der Waals surface area contributed by atoms with Gasteiger partial charge in [-0.1, -0.05) is 72.0 Å². The molecule has 0 saturated carbocycles. The lowest BCUT2D eigenvalue weighted by Gasteiger charge is -2.02. The van der Waals surface area contributed by atoms with Gasteiger partial charge in [0.15, 0.2) is 0 Å². The summed E-state index contributed by atoms with van der Waals surface area (Å²) in [4.78, 5) is 12.0. The van der Waals surface area contributed by atoms with Gasteiger partial charge in [-0.15, -0.1) is 22.0 Å². The molecular weight excluding hydrogens is 362 g/mol. The maximum atomic E-state index is 12.0. The van der Waals surface area contributed by atoms with E-state index in [1.54, 1.807) is 11.8 Å². The predicted molar refractivity (Wildman–Crippen MR) is 109 cm³/mol. The van der Waals surface area contributed by atoms with E-state index in [0.29, 0.717) is 11.6 Å². The molecule has 0 aliphatic rings. The molecule has 1 heterocycles. The number of benzene rings is 2. The van der Waals surface area contributed by atoms with Crippen molar-refractivity contribution < 1.29 is 4.79 Å². The molecule has 1 aromatic heterocycles. The molecule has 0 unspecified atom stereocenters. The lowest BCUT2D eigenvalue weighted by molar-refractivity contribution is -0.116. The van der Waals surface area contributed by atoms with Crippen LogP contribution in [-0.2, 0) is 22.7 Å². The summed E-state index contributed by atoms with van der Waals surface area (Å²) in [5, 5.41) is 12.6. The summed E-state index contributed by atoms with van der Waals surface area (Å²) in [6.07, 6.45) is 2.23. The Morgan fingerprint density at radius 1 is 0.923 bits per heavy atom. The first-order chi connectivity index (χ1) is 12.8. The number of aryl methyl sites for hydroxylation is 1. The molecule has 0 saturated heterocycles. The Hall–Kier alpha value is -2.18. The lowest BCUT2D eigenvalue weighted by atomic mass is 10.1. The van der Waals surface area contributed by atoms with E-state index in [9.17, 15) is 4.79 Å². The molecular formula is C20H21N3OS2. The van der Waals surface area contributed by atoms with Crippen molar-refractivity contribution in [3.8, 4) is 0 Å². The first kappa shape index (κ1) is 18.6. The van der Waals surface area contributed by atoms with Crippen molar-refractivity contribution in [2.24, 2.45) is 0 Å². The van der Waals surface area contributed by atoms with Gasteiger partial charge in [-0.25, -0.2) is 0 Å². The third kappa shape index (κ3) is 6.28. The zero-order valence-electron chi connectivity index (χ0n) is 14.4. The Morgan fingerprint density at radius 3 is 2.35 bits per heavy atom. The first-order valence-corrected chi connectivity index (χ1v) is 10.5. The summed E-state index contributed by atoms with van der Waals surface area (Å²) in [6, 6.07) is 20.6. The molecule has 0 atom stereocenters. The average Bonchev–Trinajstić information content (AvgIpc) is 3.10. The van der Waals surface area contributed by atoms with Gasteiger partial charge in [-0.05, 0) is 24.0 Å². The maximum Gasteiger partial charge on any atom is 0.226 e. The third-order valence-electron chi connectivity index (χ3n) is 3.76. The van der Waals surface area contributed by atoms with Crippen LogP contribution in [0.5, 0.6) is 0 Å². The van der Waals surface area contributed by atoms with Crippen molar-refractivity contribution in [2.45, 2.75) is 30.8 Å². The summed E-state index contributed by atoms with van der Waals surface area (Å²) < 4.78 is 0. The fraction of sp³-hybridized carbons (Fsp3) is 0.250. The summed E-state index contributed by atoms with van der Waals surface area (Å²) in [5.74, 6) is 1.75. The third-order valence-corrected chi connectivity index (χ3v) is 5.80. The summed E-state index contributed by atoms with van der Waals surface area (Å²) in [6.45, 7) is 0. The number of nitrogens with zero attached hydrogens (tertiary/aromatic N) is 2. The molecule has 134 valence electrons. The Kier molecular flexibility index (Phi) is 7.22. The average molecular weight is 384 g/mol. The van der Waals surface area contributed by atoms with Crippen molar-refractivity contribution >= 4 is 34.1 Å². The summed E-state index contributed by atoms with van der Waals surface area (Å²) in [5.41, 5.74) is 2.56. The Morgan fingerprint density at radius 2 is 1.62 bits per heavy atom. The molecule has 0 aliphatic carbocycles. The molecule has 3 rings (SSSR count). The van der Waals surface area contributed by atoms with Crippen LogP contribution in [0.3, 0.4) is 0 Å². The Balaban J connectivity index is 1.36. The number of rotatable bonds is 9. The van der Waals surface area contributed by atoms with Crippen molar-refractivity contribution in [3.63, 3.8) is 0 Å². The number of carbonyl (C=O) groups excluding carboxylic acids is 1. The van der Waals surface area contributed by atoms with Gasteiger partial charge in [0, 0.05) is 17.9 Å². The van der Waals surface area contributed by atoms with Gasteiger partial charge >= 0.3 is 0 Å². The standard InChI is InChI=1S/C20H21N3OS2/c24-18(13-7-12-16-8-3-1-4-9-16)21-20-23-22-19(26-20)15-25-14-17-10-5-2-6-11-17/h1-6,8-11H,7,12-15H2,(H,21,23,24). The number of carbonyl (C=O) groups is 1. The molecule has 1 amide bonds. The smallest absolute Gasteiger partial charge is 0.226 e. The van der Waals surface area contributed by atoms with Crippen LogP contribution in [0.25, 0.3) is 0 Å². The van der Waals surface area contributed by atoms with E-state index in [2.05, 4.69) is 39.8 Å². The molecule has 2 aromatic carbocycles. The van der Waals surface area contributed by atoms with Crippen LogP contribution in [0.4, 0.5) is 5.13 Å². The highest BCUT2D eigenvalue weighted by molar-refractivity contribution is 7.97. The van der Waals surface area contributed by atoms with Gasteiger partial charge in [0.1, 0.15) is 5.01 Å². The van der Waals surface area contributed by atoms with Gasteiger partial charge in [0.25, 0.3) is 0 Å². The van der Waals surface area contributed by atoms with Crippen molar-refractivity contribution in [2.75, 3.05) is 5.32 Å². The monoisotopic (exact) mass is 383 g/mol. The molecule has 0 radical (unpaired) electrons. The summed E-state index contributed by atoms with van der Waals surface area (Å²) >= 11 is 3.25. The fourth-order valence-electron chi connectivity index (χ4n) is 2.47. The number of hydrogen-bond acceptors (Lipinski definition) is 5. The SMILES string of the molecule is O=C(CCCc1ccccc1)Nc1nnc(CSCc2ccccc2)s1. The van der Waals surface area contributed by atoms with Crippen LogP contribution < -0.4 is 5.32 Å². The van der Waals surface area contributed by atoms with Gasteiger partial charge in [-0.2, -0.15) is 0 Å². The van der Waals surface area contributed by atoms with Crippen molar-refractivity contribution in [1.82, 2.24) is 10.2 Å². The van der Waals surface area contributed by atoms with Crippen LogP contribution in [0, 0.1) is 0 Å². The minimum Gasteiger partial charge on any atom is -0.301 e. The number of thioether (sulfide) groups is 1. The second kappa shape index (κ2) is 10.1. The van der Waals surface area contributed by atoms with E-state index in [0.717, 1.165) is 29.4 Å². The molecule has 1 N–H and O–H groups in total. The highest BCUT2D eigenvalue weighted by Crippen LogP contribution is 2.22. The van der Waals surface area contributed by atoms with E-state index in [-0.39, 0.29) is 5.91 Å². The zero-order valence-corrected chi connectivity index (χ0v) is 16.1. The first-order valence-electron chi connectivity index (χ1n) is 8.57. The minimum absolute atomic E-state index is 0.000528. The second-order valence-electron chi connectivity index (χ2n) is 5.87. The number of amides is 1. The molecule has 4 nitrogen and oxygen atoms in total. The molecule has 3 aromatic rings. The number of anilines is 1. The van der Waals surface area contributed by atoms with Gasteiger partial charge in [-0.3, -0.25) is 4.79 Å². The van der Waals surface area contributed by atoms with Crippen LogP contribution in [0.2, 0.25) is 0 Å². The fourth-order valence-corrected chi connectivity index (χ4v) is 4.27. The van der Waals surface area contributed by atoms with Crippen LogP contribution in [-0.4, -0.2) is 16.1 Å². The highest BCUT2D eigenvalue weighted by atomic mass is 32.2. The second-order valence-corrected chi connectivity index (χ2v) is 7.91. The van der Waals surface area contributed by atoms with Gasteiger partial charge in [0.05, 0.1) is 0 Å². The quantitative estimate of drug-likeness (QED) is 0.569. The molecule has 0 fully saturated rings. The van der Waals surface area contributed by atoms with Crippen molar-refractivity contribution in [1.29, 1.82) is 0 Å². The normalized spacial score (nSPS) is 10.6. The van der Waals surface area contributed by atoms with E-state index < -0.39 is 0 Å². The number of aromatic nitrogens is 2. The van der Waals surface area contributed by atoms with E-state index >= 15 is 0 Å². The molecule has 0 spiro atoms. The minimum atomic E-state index is 0.000528. The van der Waals surface area contributed by atoms with Gasteiger partial charge in [0.2, 0.25) is 11.0 Å². The molecule has 26 heavy (non-hydrogen) atoms. The molecule has 0 aliphatic heterocycles. The maximum absolute atomic E-state index is 12.0. The van der Waals surface area contributed by atoms with E-state index in [1.165, 1.54) is 22.5 Å². The Bertz CT molecular complexity index is 806. The van der Waals surface area contributed by atoms with Crippen LogP contribution in [0.1, 0.15) is 29.0 Å². The zero-order chi connectivity index (χ0) is 18.0. The van der Waals surface area contributed by atoms with E-state index in [4.69, 9.17) is 0 Å². The predicted octanol–water partition coefficient (Wildman–Crippen LogP) is 4.93. The lowest BCUT2D eigenvalue weighted by Crippen LogP contribution is -2.11. The number of nitrogens with one attached hydrogen (secondary N) is 1. The van der Waals surface area contributed by atoms with E-state index in [1.807, 2.05) is 36.4 Å². The van der Waals surface area contributed by atoms with Gasteiger partial charge < -0.3 is 5.32 Å². The summed E-state index contributed by atoms with van der Waals surface area (Å²) in [7, 11) is 0. The van der Waals surface area contributed by atoms with Crippen molar-refractivity contribution in [3.05, 3.63) is 76.8 Å². The Labute approximate surface area is 162 Å². The molecule has 0 bridgehead atoms. The van der Waals surface area contributed by atoms with Crippen LogP contribution in [0.15, 0.2) is 60.7 Å². The molecule has 6 heteroatoms. The number of hydrogen-bond donors (Lipinski definition) is 1. The van der Waals surface area contributed by atoms with Crippen LogP contribution >= 0.6 is 23.1 Å².